The van der Waals surface area contributed by atoms with Crippen molar-refractivity contribution in [2.24, 2.45) is 0 Å². The minimum atomic E-state index is -1.66. The molecule has 3 N–H and O–H groups in total. The monoisotopic (exact) mass is 177 g/mol. The summed E-state index contributed by atoms with van der Waals surface area (Å²) in [4.78, 5) is 10.6. The second-order valence-corrected chi connectivity index (χ2v) is 1.89. The average molecular weight is 177 g/mol. The molecule has 0 saturated carbocycles. The van der Waals surface area contributed by atoms with E-state index in [1.165, 1.54) is 0 Å². The highest BCUT2D eigenvalue weighted by Gasteiger charge is 2.04. The zero-order valence-electron chi connectivity index (χ0n) is 6.56. The first-order valence-corrected chi connectivity index (χ1v) is 3.33. The number of hydrogen-bond donors (Lipinski definition) is 3. The van der Waals surface area contributed by atoms with Crippen LogP contribution in [0.2, 0.25) is 0 Å². The molecule has 0 spiro atoms. The maximum atomic E-state index is 10.6. The highest BCUT2D eigenvalue weighted by Crippen LogP contribution is 1.81. The van der Waals surface area contributed by atoms with Crippen LogP contribution < -0.4 is 5.23 Å². The van der Waals surface area contributed by atoms with Gasteiger partial charge in [-0.25, -0.2) is 10.0 Å². The van der Waals surface area contributed by atoms with E-state index >= 15 is 0 Å². The van der Waals surface area contributed by atoms with Crippen LogP contribution in [0, 0.1) is 5.21 Å². The van der Waals surface area contributed by atoms with Crippen molar-refractivity contribution in [3.05, 3.63) is 17.4 Å². The van der Waals surface area contributed by atoms with Gasteiger partial charge in [0.1, 0.15) is 0 Å². The molecular formula is C6H11NO5. The quantitative estimate of drug-likeness (QED) is 0.204. The van der Waals surface area contributed by atoms with Gasteiger partial charge < -0.3 is 15.1 Å². The van der Waals surface area contributed by atoms with Crippen molar-refractivity contribution in [1.29, 1.82) is 0 Å². The summed E-state index contributed by atoms with van der Waals surface area (Å²) >= 11 is 0. The largest absolute Gasteiger partial charge is 0.598 e. The smallest absolute Gasteiger partial charge is 0.330 e. The summed E-state index contributed by atoms with van der Waals surface area (Å²) in [5, 5.41) is 25.4. The van der Waals surface area contributed by atoms with Gasteiger partial charge in [0.25, 0.3) is 0 Å². The summed E-state index contributed by atoms with van der Waals surface area (Å²) in [6, 6.07) is 0. The van der Waals surface area contributed by atoms with Crippen molar-refractivity contribution >= 4 is 5.97 Å². The summed E-state index contributed by atoms with van der Waals surface area (Å²) in [6.07, 6.45) is 0.0669. The number of aliphatic hydroxyl groups excluding tert-OH is 1. The Labute approximate surface area is 69.2 Å². The molecule has 0 aliphatic rings. The number of hydroxylamine groups is 2. The summed E-state index contributed by atoms with van der Waals surface area (Å²) in [7, 11) is 0. The Kier molecular flexibility index (Phi) is 5.22. The van der Waals surface area contributed by atoms with Gasteiger partial charge in [0.15, 0.2) is 0 Å². The van der Waals surface area contributed by atoms with Crippen molar-refractivity contribution < 1.29 is 25.1 Å². The molecule has 0 rings (SSSR count). The average Bonchev–Trinajstić information content (AvgIpc) is 2.00. The second kappa shape index (κ2) is 5.67. The Bertz CT molecular complexity index is 167. The van der Waals surface area contributed by atoms with E-state index in [9.17, 15) is 10.0 Å². The number of carbonyl (C=O) groups is 1. The van der Waals surface area contributed by atoms with Crippen molar-refractivity contribution in [2.45, 2.75) is 13.2 Å². The Morgan fingerprint density at radius 3 is 2.83 bits per heavy atom. The summed E-state index contributed by atoms with van der Waals surface area (Å²) in [5.41, 5.74) is 0. The fourth-order valence-electron chi connectivity index (χ4n) is 0.442. The number of carbonyl (C=O) groups excluding carboxylic acids is 1. The molecule has 0 aliphatic carbocycles. The molecule has 0 aromatic heterocycles. The van der Waals surface area contributed by atoms with Gasteiger partial charge in [0, 0.05) is 12.2 Å². The first-order valence-electron chi connectivity index (χ1n) is 3.33. The zero-order chi connectivity index (χ0) is 9.56. The minimum Gasteiger partial charge on any atom is -0.598 e. The van der Waals surface area contributed by atoms with Crippen LogP contribution in [0.1, 0.15) is 6.92 Å². The van der Waals surface area contributed by atoms with E-state index < -0.39 is 17.4 Å². The predicted octanol–water partition coefficient (Wildman–Crippen LogP) is -1.80. The van der Waals surface area contributed by atoms with E-state index in [1.54, 1.807) is 6.92 Å². The molecule has 0 aliphatic heterocycles. The van der Waals surface area contributed by atoms with Crippen LogP contribution in [0.3, 0.4) is 0 Å². The minimum absolute atomic E-state index is 0.215. The number of rotatable bonds is 4. The highest BCUT2D eigenvalue weighted by molar-refractivity contribution is 5.81. The van der Waals surface area contributed by atoms with Crippen molar-refractivity contribution in [1.82, 2.24) is 0 Å². The van der Waals surface area contributed by atoms with Crippen molar-refractivity contribution in [2.75, 3.05) is 6.61 Å². The van der Waals surface area contributed by atoms with E-state index in [0.29, 0.717) is 0 Å². The van der Waals surface area contributed by atoms with Crippen LogP contribution in [0.4, 0.5) is 0 Å². The highest BCUT2D eigenvalue weighted by atomic mass is 16.8. The number of aliphatic hydroxyl groups is 1. The standard InChI is InChI=1S/C6H11NO5/c1-2-12-6(9)4-3-5(8)7(10)11/h3-5,7-8,10H,2H2,1H3/b4-3+. The molecule has 6 heteroatoms. The van der Waals surface area contributed by atoms with Crippen LogP contribution in [-0.2, 0) is 9.53 Å². The third-order valence-corrected chi connectivity index (χ3v) is 0.954. The third-order valence-electron chi connectivity index (χ3n) is 0.954. The molecule has 70 valence electrons. The molecule has 0 bridgehead atoms. The van der Waals surface area contributed by atoms with Crippen LogP contribution in [-0.4, -0.2) is 29.1 Å². The van der Waals surface area contributed by atoms with Gasteiger partial charge >= 0.3 is 5.97 Å². The first-order chi connectivity index (χ1) is 5.57. The van der Waals surface area contributed by atoms with Gasteiger partial charge in [0.05, 0.1) is 6.61 Å². The lowest BCUT2D eigenvalue weighted by Gasteiger charge is -2.14. The fourth-order valence-corrected chi connectivity index (χ4v) is 0.442. The first kappa shape index (κ1) is 11.1. The maximum Gasteiger partial charge on any atom is 0.330 e. The normalized spacial score (nSPS) is 16.0. The molecule has 0 fully saturated rings. The van der Waals surface area contributed by atoms with E-state index in [0.717, 1.165) is 12.2 Å². The molecule has 2 atom stereocenters. The molecule has 0 radical (unpaired) electrons. The van der Waals surface area contributed by atoms with Gasteiger partial charge in [0.2, 0.25) is 6.23 Å². The summed E-state index contributed by atoms with van der Waals surface area (Å²) < 4.78 is 4.44. The van der Waals surface area contributed by atoms with E-state index in [1.807, 2.05) is 0 Å². The number of quaternary nitrogens is 1. The van der Waals surface area contributed by atoms with Gasteiger partial charge in [-0.3, -0.25) is 0 Å². The molecule has 12 heavy (non-hydrogen) atoms. The summed E-state index contributed by atoms with van der Waals surface area (Å²) in [6.45, 7) is 1.84. The molecule has 0 aromatic carbocycles. The van der Waals surface area contributed by atoms with Crippen LogP contribution in [0.25, 0.3) is 0 Å². The fraction of sp³-hybridized carbons (Fsp3) is 0.500. The molecular weight excluding hydrogens is 166 g/mol. The lowest BCUT2D eigenvalue weighted by atomic mass is 10.4. The Morgan fingerprint density at radius 2 is 2.42 bits per heavy atom. The molecule has 2 unspecified atom stereocenters. The lowest BCUT2D eigenvalue weighted by molar-refractivity contribution is -1.08. The summed E-state index contributed by atoms with van der Waals surface area (Å²) in [5.74, 6) is -0.669. The second-order valence-electron chi connectivity index (χ2n) is 1.89. The van der Waals surface area contributed by atoms with Crippen molar-refractivity contribution in [3.63, 3.8) is 0 Å². The number of hydrogen-bond acceptors (Lipinski definition) is 5. The van der Waals surface area contributed by atoms with Crippen molar-refractivity contribution in [3.8, 4) is 0 Å². The molecule has 0 aromatic rings. The zero-order valence-corrected chi connectivity index (χ0v) is 6.56. The lowest BCUT2D eigenvalue weighted by Crippen LogP contribution is -3.08. The van der Waals surface area contributed by atoms with E-state index in [-0.39, 0.29) is 6.61 Å². The number of esters is 1. The topological polar surface area (TPSA) is 94.3 Å². The van der Waals surface area contributed by atoms with Gasteiger partial charge in [-0.15, -0.1) is 0 Å². The van der Waals surface area contributed by atoms with Gasteiger partial charge in [-0.2, -0.15) is 5.23 Å². The number of ether oxygens (including phenoxy) is 1. The van der Waals surface area contributed by atoms with E-state index in [4.69, 9.17) is 10.3 Å². The Balaban J connectivity index is 3.81. The van der Waals surface area contributed by atoms with Crippen LogP contribution >= 0.6 is 0 Å². The molecule has 0 amide bonds. The van der Waals surface area contributed by atoms with Gasteiger partial charge in [-0.05, 0) is 6.92 Å². The van der Waals surface area contributed by atoms with Crippen LogP contribution in [0.15, 0.2) is 12.2 Å². The number of nitrogens with one attached hydrogen (secondary N) is 1. The molecule has 0 saturated heterocycles. The Hall–Kier alpha value is -0.950. The SMILES string of the molecule is CCOC(=O)/C=C/C(O)[NH+]([O-])O. The molecule has 6 nitrogen and oxygen atoms in total. The predicted molar refractivity (Wildman–Crippen MR) is 37.9 cm³/mol. The van der Waals surface area contributed by atoms with Gasteiger partial charge in [-0.1, -0.05) is 0 Å². The third kappa shape index (κ3) is 4.80. The van der Waals surface area contributed by atoms with Crippen LogP contribution in [0.5, 0.6) is 0 Å². The van der Waals surface area contributed by atoms with E-state index in [2.05, 4.69) is 4.74 Å². The maximum absolute atomic E-state index is 10.6. The Morgan fingerprint density at radius 1 is 1.83 bits per heavy atom. The molecule has 0 heterocycles.